The van der Waals surface area contributed by atoms with E-state index in [1.165, 1.54) is 0 Å². The van der Waals surface area contributed by atoms with Crippen molar-refractivity contribution < 1.29 is 10.0 Å². The maximum absolute atomic E-state index is 12.3. The van der Waals surface area contributed by atoms with Gasteiger partial charge < -0.3 is 0 Å². The van der Waals surface area contributed by atoms with E-state index < -0.39 is 5.91 Å². The molecule has 3 aromatic carbocycles. The fraction of sp³-hybridized carbons (Fsp3) is 0. The second-order valence-corrected chi connectivity index (χ2v) is 4.90. The molecule has 0 saturated heterocycles. The lowest BCUT2D eigenvalue weighted by atomic mass is 10.0. The van der Waals surface area contributed by atoms with E-state index in [9.17, 15) is 10.0 Å². The van der Waals surface area contributed by atoms with Gasteiger partial charge in [-0.1, -0.05) is 60.7 Å². The molecule has 3 nitrogen and oxygen atoms in total. The Morgan fingerprint density at radius 2 is 1.18 bits per heavy atom. The van der Waals surface area contributed by atoms with Gasteiger partial charge in [0.25, 0.3) is 5.91 Å². The third-order valence-electron chi connectivity index (χ3n) is 3.43. The molecule has 3 aromatic rings. The zero-order valence-corrected chi connectivity index (χ0v) is 11.9. The largest absolute Gasteiger partial charge is 0.281 e. The number of amides is 1. The van der Waals surface area contributed by atoms with Crippen LogP contribution in [0, 0.1) is 0 Å². The van der Waals surface area contributed by atoms with Gasteiger partial charge in [0, 0.05) is 5.56 Å². The van der Waals surface area contributed by atoms with Crippen molar-refractivity contribution in [2.24, 2.45) is 0 Å². The minimum atomic E-state index is -0.453. The Labute approximate surface area is 129 Å². The van der Waals surface area contributed by atoms with Crippen molar-refractivity contribution >= 4 is 11.6 Å². The quantitative estimate of drug-likeness (QED) is 0.574. The van der Waals surface area contributed by atoms with Crippen molar-refractivity contribution in [1.29, 1.82) is 0 Å². The van der Waals surface area contributed by atoms with E-state index in [1.54, 1.807) is 36.4 Å². The fourth-order valence-corrected chi connectivity index (χ4v) is 2.24. The number of nitrogens with zero attached hydrogens (tertiary/aromatic N) is 1. The summed E-state index contributed by atoms with van der Waals surface area (Å²) in [4.78, 5) is 12.3. The smallest absolute Gasteiger partial charge is 0.281 e. The minimum Gasteiger partial charge on any atom is -0.281 e. The average Bonchev–Trinajstić information content (AvgIpc) is 2.62. The number of anilines is 1. The summed E-state index contributed by atoms with van der Waals surface area (Å²) in [5, 5.41) is 10.7. The molecule has 0 aliphatic heterocycles. The van der Waals surface area contributed by atoms with Crippen molar-refractivity contribution in [3.63, 3.8) is 0 Å². The monoisotopic (exact) mass is 289 g/mol. The zero-order chi connectivity index (χ0) is 15.4. The summed E-state index contributed by atoms with van der Waals surface area (Å²) in [5.41, 5.74) is 3.00. The summed E-state index contributed by atoms with van der Waals surface area (Å²) in [6, 6.07) is 25.8. The summed E-state index contributed by atoms with van der Waals surface area (Å²) in [7, 11) is 0. The molecule has 1 N–H and O–H groups in total. The lowest BCUT2D eigenvalue weighted by Gasteiger charge is -2.15. The van der Waals surface area contributed by atoms with E-state index in [-0.39, 0.29) is 0 Å². The molecule has 0 unspecified atom stereocenters. The molecule has 0 aliphatic rings. The molecule has 0 aromatic heterocycles. The first-order chi connectivity index (χ1) is 10.8. The SMILES string of the molecule is O=C(c1ccc(-c2ccccc2)cc1)N(O)c1ccccc1. The summed E-state index contributed by atoms with van der Waals surface area (Å²) < 4.78 is 0. The van der Waals surface area contributed by atoms with Crippen molar-refractivity contribution in [2.45, 2.75) is 0 Å². The standard InChI is InChI=1S/C19H15NO2/c21-19(20(22)18-9-5-2-6-10-18)17-13-11-16(12-14-17)15-7-3-1-4-8-15/h1-14,22H. The van der Waals surface area contributed by atoms with Crippen molar-refractivity contribution in [1.82, 2.24) is 0 Å². The van der Waals surface area contributed by atoms with Gasteiger partial charge in [0.2, 0.25) is 0 Å². The van der Waals surface area contributed by atoms with Crippen molar-refractivity contribution in [3.05, 3.63) is 90.5 Å². The molecule has 0 atom stereocenters. The molecule has 0 radical (unpaired) electrons. The van der Waals surface area contributed by atoms with Crippen molar-refractivity contribution in [2.75, 3.05) is 5.06 Å². The second-order valence-electron chi connectivity index (χ2n) is 4.90. The summed E-state index contributed by atoms with van der Waals surface area (Å²) >= 11 is 0. The van der Waals surface area contributed by atoms with Gasteiger partial charge in [-0.25, -0.2) is 0 Å². The molecule has 0 aliphatic carbocycles. The summed E-state index contributed by atoms with van der Waals surface area (Å²) in [6.45, 7) is 0. The van der Waals surface area contributed by atoms with E-state index in [0.29, 0.717) is 16.3 Å². The van der Waals surface area contributed by atoms with Crippen LogP contribution in [-0.2, 0) is 0 Å². The van der Waals surface area contributed by atoms with E-state index in [0.717, 1.165) is 11.1 Å². The van der Waals surface area contributed by atoms with Crippen LogP contribution in [0.15, 0.2) is 84.9 Å². The number of carbonyl (C=O) groups is 1. The predicted molar refractivity (Wildman–Crippen MR) is 86.9 cm³/mol. The normalized spacial score (nSPS) is 10.2. The van der Waals surface area contributed by atoms with Gasteiger partial charge in [0.1, 0.15) is 0 Å². The van der Waals surface area contributed by atoms with Crippen LogP contribution in [-0.4, -0.2) is 11.1 Å². The van der Waals surface area contributed by atoms with Crippen LogP contribution in [0.5, 0.6) is 0 Å². The molecule has 0 heterocycles. The number of hydrogen-bond donors (Lipinski definition) is 1. The minimum absolute atomic E-state index is 0.436. The average molecular weight is 289 g/mol. The number of benzene rings is 3. The third-order valence-corrected chi connectivity index (χ3v) is 3.43. The van der Waals surface area contributed by atoms with Crippen LogP contribution in [0.2, 0.25) is 0 Å². The summed E-state index contributed by atoms with van der Waals surface area (Å²) in [5.74, 6) is -0.453. The van der Waals surface area contributed by atoms with Crippen LogP contribution in [0.25, 0.3) is 11.1 Å². The number of para-hydroxylation sites is 1. The Bertz CT molecular complexity index is 752. The number of hydroxylamine groups is 1. The maximum Gasteiger partial charge on any atom is 0.281 e. The van der Waals surface area contributed by atoms with E-state index in [2.05, 4.69) is 0 Å². The molecule has 0 saturated carbocycles. The first kappa shape index (κ1) is 14.0. The molecule has 0 bridgehead atoms. The van der Waals surface area contributed by atoms with Crippen molar-refractivity contribution in [3.8, 4) is 11.1 Å². The van der Waals surface area contributed by atoms with E-state index >= 15 is 0 Å². The van der Waals surface area contributed by atoms with Gasteiger partial charge >= 0.3 is 0 Å². The van der Waals surface area contributed by atoms with Crippen LogP contribution >= 0.6 is 0 Å². The fourth-order valence-electron chi connectivity index (χ4n) is 2.24. The van der Waals surface area contributed by atoms with Gasteiger partial charge in [-0.2, -0.15) is 5.06 Å². The third kappa shape index (κ3) is 2.90. The molecular weight excluding hydrogens is 274 g/mol. The lowest BCUT2D eigenvalue weighted by Crippen LogP contribution is -2.26. The van der Waals surface area contributed by atoms with Gasteiger partial charge in [0.05, 0.1) is 5.69 Å². The molecule has 0 spiro atoms. The molecular formula is C19H15NO2. The Morgan fingerprint density at radius 3 is 1.77 bits per heavy atom. The first-order valence-corrected chi connectivity index (χ1v) is 6.99. The maximum atomic E-state index is 12.3. The highest BCUT2D eigenvalue weighted by molar-refractivity contribution is 6.04. The molecule has 0 fully saturated rings. The first-order valence-electron chi connectivity index (χ1n) is 6.99. The molecule has 108 valence electrons. The molecule has 3 rings (SSSR count). The van der Waals surface area contributed by atoms with Crippen LogP contribution in [0.3, 0.4) is 0 Å². The predicted octanol–water partition coefficient (Wildman–Crippen LogP) is 4.39. The molecule has 1 amide bonds. The molecule has 3 heteroatoms. The van der Waals surface area contributed by atoms with Crippen LogP contribution in [0.1, 0.15) is 10.4 Å². The number of hydrogen-bond acceptors (Lipinski definition) is 2. The number of carbonyl (C=O) groups excluding carboxylic acids is 1. The zero-order valence-electron chi connectivity index (χ0n) is 11.9. The molecule has 22 heavy (non-hydrogen) atoms. The lowest BCUT2D eigenvalue weighted by molar-refractivity contribution is 0.0855. The highest BCUT2D eigenvalue weighted by Crippen LogP contribution is 2.21. The Morgan fingerprint density at radius 1 is 0.682 bits per heavy atom. The topological polar surface area (TPSA) is 40.5 Å². The Kier molecular flexibility index (Phi) is 3.99. The Balaban J connectivity index is 1.82. The van der Waals surface area contributed by atoms with E-state index in [1.807, 2.05) is 48.5 Å². The number of rotatable bonds is 3. The Hall–Kier alpha value is -2.91. The van der Waals surface area contributed by atoms with Gasteiger partial charge in [0.15, 0.2) is 0 Å². The van der Waals surface area contributed by atoms with Gasteiger partial charge in [-0.05, 0) is 35.4 Å². The van der Waals surface area contributed by atoms with Crippen LogP contribution < -0.4 is 5.06 Å². The highest BCUT2D eigenvalue weighted by Gasteiger charge is 2.15. The van der Waals surface area contributed by atoms with Gasteiger partial charge in [-0.15, -0.1) is 0 Å². The second kappa shape index (κ2) is 6.24. The summed E-state index contributed by atoms with van der Waals surface area (Å²) in [6.07, 6.45) is 0. The van der Waals surface area contributed by atoms with E-state index in [4.69, 9.17) is 0 Å². The van der Waals surface area contributed by atoms with Crippen LogP contribution in [0.4, 0.5) is 5.69 Å². The van der Waals surface area contributed by atoms with Gasteiger partial charge in [-0.3, -0.25) is 10.0 Å². The highest BCUT2D eigenvalue weighted by atomic mass is 16.5.